The van der Waals surface area contributed by atoms with E-state index >= 15 is 0 Å². The van der Waals surface area contributed by atoms with Gasteiger partial charge in [-0.1, -0.05) is 0 Å². The first-order valence-corrected chi connectivity index (χ1v) is 3.55. The molecule has 11 heavy (non-hydrogen) atoms. The number of piperidine rings is 1. The molecule has 0 aromatic rings. The first kappa shape index (κ1) is 8.89. The van der Waals surface area contributed by atoms with Crippen molar-refractivity contribution in [1.82, 2.24) is 5.32 Å². The van der Waals surface area contributed by atoms with E-state index in [0.29, 0.717) is 0 Å². The van der Waals surface area contributed by atoms with Crippen molar-refractivity contribution in [2.75, 3.05) is 13.2 Å². The molecule has 0 amide bonds. The highest BCUT2D eigenvalue weighted by atomic mass is 16.4. The molecule has 0 radical (unpaired) electrons. The molecule has 0 bridgehead atoms. The topological polar surface area (TPSA) is 93.0 Å². The van der Waals surface area contributed by atoms with E-state index in [-0.39, 0.29) is 13.2 Å². The smallest absolute Gasteiger partial charge is 0.109 e. The molecule has 1 aliphatic rings. The molecule has 5 heteroatoms. The Morgan fingerprint density at radius 2 is 1.82 bits per heavy atom. The van der Waals surface area contributed by atoms with E-state index in [1.54, 1.807) is 0 Å². The van der Waals surface area contributed by atoms with Gasteiger partial charge in [-0.05, 0) is 0 Å². The van der Waals surface area contributed by atoms with Crippen LogP contribution in [-0.2, 0) is 0 Å². The van der Waals surface area contributed by atoms with Gasteiger partial charge in [-0.25, -0.2) is 0 Å². The van der Waals surface area contributed by atoms with E-state index in [0.717, 1.165) is 0 Å². The first-order chi connectivity index (χ1) is 5.16. The van der Waals surface area contributed by atoms with Gasteiger partial charge in [0.05, 0.1) is 24.9 Å². The molecule has 66 valence electrons. The third-order valence-corrected chi connectivity index (χ3v) is 1.94. The van der Waals surface area contributed by atoms with Crippen LogP contribution in [-0.4, -0.2) is 57.9 Å². The molecular weight excluding hydrogens is 150 g/mol. The van der Waals surface area contributed by atoms with Crippen LogP contribution in [0.25, 0.3) is 0 Å². The van der Waals surface area contributed by atoms with Gasteiger partial charge in [0.25, 0.3) is 0 Å². The molecule has 1 saturated heterocycles. The maximum atomic E-state index is 9.18. The average molecular weight is 163 g/mol. The van der Waals surface area contributed by atoms with Crippen LogP contribution in [0.5, 0.6) is 0 Å². The van der Waals surface area contributed by atoms with E-state index in [2.05, 4.69) is 5.32 Å². The van der Waals surface area contributed by atoms with Crippen LogP contribution in [0.15, 0.2) is 0 Å². The Labute approximate surface area is 64.3 Å². The van der Waals surface area contributed by atoms with Gasteiger partial charge in [0, 0.05) is 6.54 Å². The van der Waals surface area contributed by atoms with Gasteiger partial charge in [0.1, 0.15) is 6.10 Å². The van der Waals surface area contributed by atoms with Gasteiger partial charge in [0.2, 0.25) is 0 Å². The van der Waals surface area contributed by atoms with Crippen molar-refractivity contribution in [3.8, 4) is 0 Å². The van der Waals surface area contributed by atoms with Gasteiger partial charge in [-0.2, -0.15) is 0 Å². The summed E-state index contributed by atoms with van der Waals surface area (Å²) in [5, 5.41) is 38.6. The van der Waals surface area contributed by atoms with E-state index in [1.807, 2.05) is 0 Å². The van der Waals surface area contributed by atoms with Crippen molar-refractivity contribution in [1.29, 1.82) is 0 Å². The van der Waals surface area contributed by atoms with Crippen LogP contribution in [0, 0.1) is 0 Å². The second-order valence-corrected chi connectivity index (χ2v) is 2.75. The van der Waals surface area contributed by atoms with Crippen molar-refractivity contribution >= 4 is 0 Å². The lowest BCUT2D eigenvalue weighted by Gasteiger charge is -2.34. The number of aliphatic hydroxyl groups is 4. The predicted octanol–water partition coefficient (Wildman–Crippen LogP) is -2.97. The van der Waals surface area contributed by atoms with Crippen molar-refractivity contribution in [2.45, 2.75) is 24.4 Å². The highest BCUT2D eigenvalue weighted by Crippen LogP contribution is 2.09. The van der Waals surface area contributed by atoms with E-state index in [4.69, 9.17) is 15.3 Å². The molecular formula is C6H13NO4. The van der Waals surface area contributed by atoms with Crippen molar-refractivity contribution in [3.63, 3.8) is 0 Å². The fraction of sp³-hybridized carbons (Fsp3) is 1.00. The van der Waals surface area contributed by atoms with Crippen LogP contribution in [0.1, 0.15) is 0 Å². The Morgan fingerprint density at radius 3 is 2.36 bits per heavy atom. The molecule has 0 aromatic carbocycles. The summed E-state index contributed by atoms with van der Waals surface area (Å²) in [6.45, 7) is -0.0472. The molecule has 1 rings (SSSR count). The number of rotatable bonds is 1. The van der Waals surface area contributed by atoms with E-state index in [9.17, 15) is 5.11 Å². The lowest BCUT2D eigenvalue weighted by molar-refractivity contribution is -0.101. The Bertz CT molecular complexity index is 130. The molecule has 5 N–H and O–H groups in total. The minimum Gasteiger partial charge on any atom is -0.395 e. The molecule has 0 aliphatic carbocycles. The molecule has 0 saturated carbocycles. The average Bonchev–Trinajstić information content (AvgIpc) is 2.01. The molecule has 2 unspecified atom stereocenters. The molecule has 1 heterocycles. The summed E-state index contributed by atoms with van der Waals surface area (Å²) in [5.41, 5.74) is 0. The van der Waals surface area contributed by atoms with E-state index in [1.165, 1.54) is 0 Å². The third-order valence-electron chi connectivity index (χ3n) is 1.94. The van der Waals surface area contributed by atoms with Gasteiger partial charge < -0.3 is 25.7 Å². The Balaban J connectivity index is 2.52. The quantitative estimate of drug-likeness (QED) is 0.285. The summed E-state index contributed by atoms with van der Waals surface area (Å²) in [4.78, 5) is 0. The van der Waals surface area contributed by atoms with Crippen molar-refractivity contribution in [3.05, 3.63) is 0 Å². The number of β-amino-alcohol motifs (C(OH)–C–C–N with tert-alkyl or cyclic N) is 1. The fourth-order valence-corrected chi connectivity index (χ4v) is 1.15. The number of hydrogen-bond acceptors (Lipinski definition) is 5. The molecule has 1 aliphatic heterocycles. The number of aliphatic hydroxyl groups excluding tert-OH is 4. The summed E-state index contributed by atoms with van der Waals surface area (Å²) < 4.78 is 0. The van der Waals surface area contributed by atoms with Crippen molar-refractivity contribution in [2.24, 2.45) is 0 Å². The van der Waals surface area contributed by atoms with Crippen molar-refractivity contribution < 1.29 is 20.4 Å². The lowest BCUT2D eigenvalue weighted by atomic mass is 9.97. The maximum absolute atomic E-state index is 9.18. The number of nitrogens with one attached hydrogen (secondary N) is 1. The summed E-state index contributed by atoms with van der Waals surface area (Å²) in [5.74, 6) is 0. The van der Waals surface area contributed by atoms with Crippen LogP contribution in [0.4, 0.5) is 0 Å². The monoisotopic (exact) mass is 163 g/mol. The highest BCUT2D eigenvalue weighted by molar-refractivity contribution is 4.91. The summed E-state index contributed by atoms with van der Waals surface area (Å²) in [6, 6.07) is -0.534. The Morgan fingerprint density at radius 1 is 1.18 bits per heavy atom. The van der Waals surface area contributed by atoms with Gasteiger partial charge in [0.15, 0.2) is 0 Å². The Kier molecular flexibility index (Phi) is 2.80. The zero-order valence-corrected chi connectivity index (χ0v) is 6.01. The fourth-order valence-electron chi connectivity index (χ4n) is 1.15. The zero-order valence-electron chi connectivity index (χ0n) is 6.01. The third kappa shape index (κ3) is 1.69. The molecule has 1 fully saturated rings. The number of hydrogen-bond donors (Lipinski definition) is 5. The molecule has 5 nitrogen and oxygen atoms in total. The highest BCUT2D eigenvalue weighted by Gasteiger charge is 2.35. The van der Waals surface area contributed by atoms with Crippen LogP contribution >= 0.6 is 0 Å². The largest absolute Gasteiger partial charge is 0.395 e. The zero-order chi connectivity index (χ0) is 8.43. The van der Waals surface area contributed by atoms with Crippen LogP contribution in [0.3, 0.4) is 0 Å². The minimum atomic E-state index is -1.16. The molecule has 4 atom stereocenters. The minimum absolute atomic E-state index is 0.198. The van der Waals surface area contributed by atoms with Crippen LogP contribution in [0.2, 0.25) is 0 Å². The lowest BCUT2D eigenvalue weighted by Crippen LogP contribution is -2.60. The second-order valence-electron chi connectivity index (χ2n) is 2.75. The van der Waals surface area contributed by atoms with Gasteiger partial charge in [-0.3, -0.25) is 0 Å². The standard InChI is InChI=1S/C6H13NO4/c8-2-3-5(10)6(11)4(9)1-7-3/h3-11H,1-2H2/t3-,4?,5?,6+/m0/s1. The second kappa shape index (κ2) is 3.46. The maximum Gasteiger partial charge on any atom is 0.109 e. The van der Waals surface area contributed by atoms with Crippen LogP contribution < -0.4 is 5.32 Å². The van der Waals surface area contributed by atoms with E-state index < -0.39 is 24.4 Å². The first-order valence-electron chi connectivity index (χ1n) is 3.55. The van der Waals surface area contributed by atoms with Gasteiger partial charge >= 0.3 is 0 Å². The normalized spacial score (nSPS) is 45.8. The summed E-state index contributed by atoms with van der Waals surface area (Å²) >= 11 is 0. The summed E-state index contributed by atoms with van der Waals surface area (Å²) in [6.07, 6.45) is -3.20. The predicted molar refractivity (Wildman–Crippen MR) is 36.9 cm³/mol. The molecule has 0 aromatic heterocycles. The summed E-state index contributed by atoms with van der Waals surface area (Å²) in [7, 11) is 0. The van der Waals surface area contributed by atoms with Gasteiger partial charge in [-0.15, -0.1) is 0 Å². The SMILES string of the molecule is OC[C@@H]1NCC(O)[C@@H](O)C1O. The molecule has 0 spiro atoms. The Hall–Kier alpha value is -0.200.